The molecule has 66 valence electrons. The van der Waals surface area contributed by atoms with E-state index in [4.69, 9.17) is 5.73 Å². The second-order valence-corrected chi connectivity index (χ2v) is 3.05. The molecule has 0 amide bonds. The van der Waals surface area contributed by atoms with E-state index in [-0.39, 0.29) is 5.75 Å². The highest BCUT2D eigenvalue weighted by molar-refractivity contribution is 5.90. The van der Waals surface area contributed by atoms with Crippen LogP contribution in [0.15, 0.2) is 24.3 Å². The van der Waals surface area contributed by atoms with Gasteiger partial charge in [-0.2, -0.15) is 0 Å². The van der Waals surface area contributed by atoms with Gasteiger partial charge in [0.1, 0.15) is 5.75 Å². The minimum Gasteiger partial charge on any atom is -0.508 e. The Morgan fingerprint density at radius 3 is 2.85 bits per heavy atom. The third-order valence-corrected chi connectivity index (χ3v) is 1.95. The molecule has 0 fully saturated rings. The van der Waals surface area contributed by atoms with Gasteiger partial charge in [-0.3, -0.25) is 4.98 Å². The average Bonchev–Trinajstić information content (AvgIpc) is 2.02. The van der Waals surface area contributed by atoms with E-state index in [0.29, 0.717) is 5.69 Å². The molecule has 0 aliphatic heterocycles. The molecule has 1 heterocycles. The summed E-state index contributed by atoms with van der Waals surface area (Å²) >= 11 is 0. The van der Waals surface area contributed by atoms with Crippen molar-refractivity contribution in [3.8, 4) is 5.75 Å². The summed E-state index contributed by atoms with van der Waals surface area (Å²) in [5.41, 5.74) is 8.07. The van der Waals surface area contributed by atoms with E-state index in [2.05, 4.69) is 4.98 Å². The van der Waals surface area contributed by atoms with E-state index in [1.807, 2.05) is 13.0 Å². The number of aromatic hydroxyl groups is 1. The van der Waals surface area contributed by atoms with Gasteiger partial charge >= 0.3 is 0 Å². The molecule has 3 N–H and O–H groups in total. The van der Waals surface area contributed by atoms with Crippen molar-refractivity contribution in [1.29, 1.82) is 0 Å². The number of phenols is 1. The van der Waals surface area contributed by atoms with Gasteiger partial charge in [0.2, 0.25) is 0 Å². The smallest absolute Gasteiger partial charge is 0.117 e. The first-order chi connectivity index (χ1) is 6.16. The summed E-state index contributed by atoms with van der Waals surface area (Å²) in [7, 11) is 0. The molecule has 2 aromatic rings. The standard InChI is InChI=1S/C10H10N2O/c1-6-4-9(11)8-3-2-7(13)5-10(8)12-6/h2-5,13H,1H3,(H2,11,12). The van der Waals surface area contributed by atoms with Crippen molar-refractivity contribution in [2.75, 3.05) is 5.73 Å². The van der Waals surface area contributed by atoms with Crippen molar-refractivity contribution in [2.45, 2.75) is 6.92 Å². The normalized spacial score (nSPS) is 10.5. The third kappa shape index (κ3) is 1.28. The Morgan fingerprint density at radius 2 is 2.08 bits per heavy atom. The number of nitrogens with two attached hydrogens (primary N) is 1. The number of fused-ring (bicyclic) bond motifs is 1. The summed E-state index contributed by atoms with van der Waals surface area (Å²) < 4.78 is 0. The first-order valence-electron chi connectivity index (χ1n) is 4.02. The predicted molar refractivity (Wildman–Crippen MR) is 52.6 cm³/mol. The Kier molecular flexibility index (Phi) is 1.59. The van der Waals surface area contributed by atoms with Crippen LogP contribution in [0, 0.1) is 6.92 Å². The maximum Gasteiger partial charge on any atom is 0.117 e. The second-order valence-electron chi connectivity index (χ2n) is 3.05. The van der Waals surface area contributed by atoms with Crippen LogP contribution in [-0.4, -0.2) is 10.1 Å². The molecule has 1 aromatic heterocycles. The quantitative estimate of drug-likeness (QED) is 0.640. The van der Waals surface area contributed by atoms with E-state index < -0.39 is 0 Å². The fourth-order valence-corrected chi connectivity index (χ4v) is 1.38. The number of phenolic OH excluding ortho intramolecular Hbond substituents is 1. The second kappa shape index (κ2) is 2.62. The zero-order chi connectivity index (χ0) is 9.42. The highest BCUT2D eigenvalue weighted by atomic mass is 16.3. The molecule has 0 saturated heterocycles. The van der Waals surface area contributed by atoms with Crippen molar-refractivity contribution in [1.82, 2.24) is 4.98 Å². The Morgan fingerprint density at radius 1 is 1.31 bits per heavy atom. The lowest BCUT2D eigenvalue weighted by molar-refractivity contribution is 0.476. The van der Waals surface area contributed by atoms with Crippen molar-refractivity contribution in [3.05, 3.63) is 30.0 Å². The molecule has 0 saturated carbocycles. The van der Waals surface area contributed by atoms with Crippen LogP contribution in [0.25, 0.3) is 10.9 Å². The molecule has 0 bridgehead atoms. The SMILES string of the molecule is Cc1cc(N)c2ccc(O)cc2n1. The summed E-state index contributed by atoms with van der Waals surface area (Å²) in [6, 6.07) is 6.81. The van der Waals surface area contributed by atoms with Gasteiger partial charge in [-0.05, 0) is 25.1 Å². The van der Waals surface area contributed by atoms with Crippen LogP contribution in [-0.2, 0) is 0 Å². The third-order valence-electron chi connectivity index (χ3n) is 1.95. The molecular formula is C10H10N2O. The Labute approximate surface area is 75.8 Å². The summed E-state index contributed by atoms with van der Waals surface area (Å²) in [5, 5.41) is 10.1. The monoisotopic (exact) mass is 174 g/mol. The number of aryl methyl sites for hydroxylation is 1. The molecule has 0 aliphatic rings. The molecule has 1 aromatic carbocycles. The molecule has 0 spiro atoms. The number of hydrogen-bond donors (Lipinski definition) is 2. The average molecular weight is 174 g/mol. The fraction of sp³-hybridized carbons (Fsp3) is 0.100. The van der Waals surface area contributed by atoms with Crippen molar-refractivity contribution < 1.29 is 5.11 Å². The number of pyridine rings is 1. The fourth-order valence-electron chi connectivity index (χ4n) is 1.38. The van der Waals surface area contributed by atoms with Crippen LogP contribution in [0.1, 0.15) is 5.69 Å². The molecule has 13 heavy (non-hydrogen) atoms. The number of anilines is 1. The Hall–Kier alpha value is -1.77. The largest absolute Gasteiger partial charge is 0.508 e. The maximum atomic E-state index is 9.23. The number of nitrogens with zero attached hydrogens (tertiary/aromatic N) is 1. The first-order valence-corrected chi connectivity index (χ1v) is 4.02. The number of nitrogen functional groups attached to an aromatic ring is 1. The van der Waals surface area contributed by atoms with Gasteiger partial charge in [0.15, 0.2) is 0 Å². The van der Waals surface area contributed by atoms with E-state index in [1.54, 1.807) is 18.2 Å². The molecule has 0 radical (unpaired) electrons. The highest BCUT2D eigenvalue weighted by Gasteiger charge is 2.01. The van der Waals surface area contributed by atoms with Gasteiger partial charge in [0, 0.05) is 22.8 Å². The van der Waals surface area contributed by atoms with Crippen LogP contribution >= 0.6 is 0 Å². The van der Waals surface area contributed by atoms with Gasteiger partial charge in [0.25, 0.3) is 0 Å². The molecule has 3 nitrogen and oxygen atoms in total. The zero-order valence-corrected chi connectivity index (χ0v) is 7.28. The van der Waals surface area contributed by atoms with Crippen molar-refractivity contribution >= 4 is 16.6 Å². The zero-order valence-electron chi connectivity index (χ0n) is 7.28. The lowest BCUT2D eigenvalue weighted by Gasteiger charge is -2.03. The highest BCUT2D eigenvalue weighted by Crippen LogP contribution is 2.23. The first kappa shape index (κ1) is 7.86. The summed E-state index contributed by atoms with van der Waals surface area (Å²) in [6.07, 6.45) is 0. The lowest BCUT2D eigenvalue weighted by Crippen LogP contribution is -1.91. The van der Waals surface area contributed by atoms with Gasteiger partial charge in [0.05, 0.1) is 5.52 Å². The van der Waals surface area contributed by atoms with E-state index in [0.717, 1.165) is 16.6 Å². The van der Waals surface area contributed by atoms with Crippen molar-refractivity contribution in [3.63, 3.8) is 0 Å². The molecule has 0 unspecified atom stereocenters. The minimum atomic E-state index is 0.213. The van der Waals surface area contributed by atoms with Gasteiger partial charge in [-0.15, -0.1) is 0 Å². The Balaban J connectivity index is 2.86. The molecule has 2 rings (SSSR count). The van der Waals surface area contributed by atoms with Gasteiger partial charge < -0.3 is 10.8 Å². The van der Waals surface area contributed by atoms with E-state index in [1.165, 1.54) is 0 Å². The van der Waals surface area contributed by atoms with Crippen LogP contribution < -0.4 is 5.73 Å². The van der Waals surface area contributed by atoms with Crippen molar-refractivity contribution in [2.24, 2.45) is 0 Å². The minimum absolute atomic E-state index is 0.213. The molecule has 3 heteroatoms. The van der Waals surface area contributed by atoms with Crippen LogP contribution in [0.3, 0.4) is 0 Å². The van der Waals surface area contributed by atoms with Crippen LogP contribution in [0.4, 0.5) is 5.69 Å². The van der Waals surface area contributed by atoms with E-state index >= 15 is 0 Å². The Bertz CT molecular complexity index is 460. The summed E-state index contributed by atoms with van der Waals surface area (Å²) in [6.45, 7) is 1.87. The molecule has 0 atom stereocenters. The van der Waals surface area contributed by atoms with Gasteiger partial charge in [-0.1, -0.05) is 0 Å². The number of benzene rings is 1. The topological polar surface area (TPSA) is 59.1 Å². The van der Waals surface area contributed by atoms with Crippen LogP contribution in [0.5, 0.6) is 5.75 Å². The van der Waals surface area contributed by atoms with E-state index in [9.17, 15) is 5.11 Å². The lowest BCUT2D eigenvalue weighted by atomic mass is 10.1. The summed E-state index contributed by atoms with van der Waals surface area (Å²) in [5.74, 6) is 0.213. The predicted octanol–water partition coefficient (Wildman–Crippen LogP) is 1.83. The summed E-state index contributed by atoms with van der Waals surface area (Å²) in [4.78, 5) is 4.26. The maximum absolute atomic E-state index is 9.23. The molecular weight excluding hydrogens is 164 g/mol. The number of hydrogen-bond acceptors (Lipinski definition) is 3. The van der Waals surface area contributed by atoms with Gasteiger partial charge in [-0.25, -0.2) is 0 Å². The van der Waals surface area contributed by atoms with Crippen LogP contribution in [0.2, 0.25) is 0 Å². The number of aromatic nitrogens is 1. The molecule has 0 aliphatic carbocycles. The number of rotatable bonds is 0.